The second-order valence-corrected chi connectivity index (χ2v) is 9.29. The lowest BCUT2D eigenvalue weighted by Crippen LogP contribution is -2.41. The highest BCUT2D eigenvalue weighted by atomic mass is 32.2. The van der Waals surface area contributed by atoms with E-state index in [4.69, 9.17) is 4.74 Å². The van der Waals surface area contributed by atoms with Gasteiger partial charge in [-0.1, -0.05) is 0 Å². The van der Waals surface area contributed by atoms with Crippen molar-refractivity contribution in [3.63, 3.8) is 0 Å². The Bertz CT molecular complexity index is 769. The van der Waals surface area contributed by atoms with E-state index in [1.54, 1.807) is 12.4 Å². The van der Waals surface area contributed by atoms with Crippen LogP contribution in [0.25, 0.3) is 0 Å². The molecule has 1 aromatic rings. The topological polar surface area (TPSA) is 88.6 Å². The van der Waals surface area contributed by atoms with E-state index in [0.29, 0.717) is 26.1 Å². The van der Waals surface area contributed by atoms with Gasteiger partial charge in [0.25, 0.3) is 0 Å². The van der Waals surface area contributed by atoms with Crippen LogP contribution in [0, 0.1) is 11.8 Å². The number of rotatable bonds is 5. The van der Waals surface area contributed by atoms with Crippen LogP contribution in [0.2, 0.25) is 0 Å². The summed E-state index contributed by atoms with van der Waals surface area (Å²) in [5, 5.41) is 0. The average molecular weight is 365 g/mol. The van der Waals surface area contributed by atoms with E-state index >= 15 is 0 Å². The van der Waals surface area contributed by atoms with Crippen LogP contribution in [-0.4, -0.2) is 61.8 Å². The number of hydrogen-bond acceptors (Lipinski definition) is 5. The molecule has 7 nitrogen and oxygen atoms in total. The highest BCUT2D eigenvalue weighted by Gasteiger charge is 2.63. The number of likely N-dealkylation sites (tertiary alicyclic amines) is 1. The fourth-order valence-corrected chi connectivity index (χ4v) is 5.18. The highest BCUT2D eigenvalue weighted by molar-refractivity contribution is 7.88. The molecule has 8 heteroatoms. The molecule has 25 heavy (non-hydrogen) atoms. The van der Waals surface area contributed by atoms with Gasteiger partial charge in [0.05, 0.1) is 30.9 Å². The molecular weight excluding hydrogens is 342 g/mol. The van der Waals surface area contributed by atoms with Crippen LogP contribution in [0.3, 0.4) is 0 Å². The maximum atomic E-state index is 12.7. The Kier molecular flexibility index (Phi) is 4.09. The van der Waals surface area contributed by atoms with E-state index in [0.717, 1.165) is 18.4 Å². The van der Waals surface area contributed by atoms with Crippen molar-refractivity contribution in [1.82, 2.24) is 14.6 Å². The summed E-state index contributed by atoms with van der Waals surface area (Å²) in [4.78, 5) is 18.5. The molecule has 1 N–H and O–H groups in total. The van der Waals surface area contributed by atoms with E-state index in [1.807, 2.05) is 17.0 Å². The number of fused-ring (bicyclic) bond motifs is 1. The fourth-order valence-electron chi connectivity index (χ4n) is 4.69. The molecule has 4 rings (SSSR count). The summed E-state index contributed by atoms with van der Waals surface area (Å²) in [6.45, 7) is 1.66. The lowest BCUT2D eigenvalue weighted by molar-refractivity contribution is -0.131. The van der Waals surface area contributed by atoms with Crippen LogP contribution in [0.4, 0.5) is 0 Å². The number of carbonyl (C=O) groups excluding carboxylic acids is 1. The summed E-state index contributed by atoms with van der Waals surface area (Å²) in [5.74, 6) is 0.445. The largest absolute Gasteiger partial charge is 0.369 e. The molecule has 1 amide bonds. The van der Waals surface area contributed by atoms with Crippen molar-refractivity contribution in [3.8, 4) is 0 Å². The monoisotopic (exact) mass is 365 g/mol. The molecule has 0 radical (unpaired) electrons. The van der Waals surface area contributed by atoms with Crippen LogP contribution < -0.4 is 4.72 Å². The molecule has 0 saturated carbocycles. The standard InChI is InChI=1S/C17H23N3O4S/c1-25(22,23)19-9-13-14-10-20(11-17(14)5-2-15(13)24-17)16(21)8-12-3-6-18-7-4-12/h3-4,6-7,13-15,19H,2,5,8-11H2,1H3/t13-,14+,15+,17+/m0/s1. The van der Waals surface area contributed by atoms with Gasteiger partial charge in [-0.2, -0.15) is 0 Å². The van der Waals surface area contributed by atoms with Crippen molar-refractivity contribution in [2.75, 3.05) is 25.9 Å². The minimum Gasteiger partial charge on any atom is -0.369 e. The first-order valence-electron chi connectivity index (χ1n) is 8.65. The van der Waals surface area contributed by atoms with Gasteiger partial charge in [-0.25, -0.2) is 13.1 Å². The zero-order valence-electron chi connectivity index (χ0n) is 14.2. The number of nitrogens with one attached hydrogen (secondary N) is 1. The summed E-state index contributed by atoms with van der Waals surface area (Å²) in [7, 11) is -3.22. The number of hydrogen-bond donors (Lipinski definition) is 1. The Balaban J connectivity index is 1.45. The zero-order chi connectivity index (χ0) is 17.7. The molecule has 1 spiro atoms. The molecule has 0 unspecified atom stereocenters. The molecule has 1 aromatic heterocycles. The lowest BCUT2D eigenvalue weighted by atomic mass is 9.74. The van der Waals surface area contributed by atoms with Crippen LogP contribution in [0.1, 0.15) is 18.4 Å². The summed E-state index contributed by atoms with van der Waals surface area (Å²) < 4.78 is 31.8. The molecule has 3 saturated heterocycles. The molecule has 0 aromatic carbocycles. The SMILES string of the molecule is CS(=O)(=O)NC[C@H]1[C@H]2CN(C(=O)Cc3ccncc3)C[C@]23CC[C@H]1O3. The minimum atomic E-state index is -3.22. The molecule has 3 aliphatic heterocycles. The summed E-state index contributed by atoms with van der Waals surface area (Å²) >= 11 is 0. The first-order chi connectivity index (χ1) is 11.9. The van der Waals surface area contributed by atoms with Crippen molar-refractivity contribution < 1.29 is 17.9 Å². The van der Waals surface area contributed by atoms with Crippen LogP contribution in [0.5, 0.6) is 0 Å². The Hall–Kier alpha value is -1.51. The van der Waals surface area contributed by atoms with Crippen molar-refractivity contribution in [2.45, 2.75) is 31.0 Å². The summed E-state index contributed by atoms with van der Waals surface area (Å²) in [6.07, 6.45) is 6.93. The maximum Gasteiger partial charge on any atom is 0.227 e. The number of ether oxygens (including phenoxy) is 1. The normalized spacial score (nSPS) is 33.6. The van der Waals surface area contributed by atoms with E-state index in [9.17, 15) is 13.2 Å². The molecule has 3 aliphatic rings. The van der Waals surface area contributed by atoms with E-state index in [2.05, 4.69) is 9.71 Å². The second kappa shape index (κ2) is 6.03. The van der Waals surface area contributed by atoms with E-state index in [-0.39, 0.29) is 29.4 Å². The Morgan fingerprint density at radius 2 is 2.20 bits per heavy atom. The number of pyridine rings is 1. The summed E-state index contributed by atoms with van der Waals surface area (Å²) in [5.41, 5.74) is 0.678. The predicted molar refractivity (Wildman–Crippen MR) is 91.2 cm³/mol. The smallest absolute Gasteiger partial charge is 0.227 e. The van der Waals surface area contributed by atoms with Gasteiger partial charge in [0.2, 0.25) is 15.9 Å². The van der Waals surface area contributed by atoms with Crippen molar-refractivity contribution in [1.29, 1.82) is 0 Å². The Labute approximate surface area is 147 Å². The zero-order valence-corrected chi connectivity index (χ0v) is 15.0. The lowest BCUT2D eigenvalue weighted by Gasteiger charge is -2.29. The van der Waals surface area contributed by atoms with Gasteiger partial charge in [0, 0.05) is 37.3 Å². The number of nitrogens with zero attached hydrogens (tertiary/aromatic N) is 2. The molecule has 136 valence electrons. The third-order valence-corrected chi connectivity index (χ3v) is 6.51. The highest BCUT2D eigenvalue weighted by Crippen LogP contribution is 2.54. The number of sulfonamides is 1. The fraction of sp³-hybridized carbons (Fsp3) is 0.647. The van der Waals surface area contributed by atoms with Crippen LogP contribution in [0.15, 0.2) is 24.5 Å². The van der Waals surface area contributed by atoms with Crippen molar-refractivity contribution in [3.05, 3.63) is 30.1 Å². The van der Waals surface area contributed by atoms with Gasteiger partial charge < -0.3 is 9.64 Å². The Morgan fingerprint density at radius 3 is 2.92 bits per heavy atom. The van der Waals surface area contributed by atoms with Crippen LogP contribution >= 0.6 is 0 Å². The first-order valence-corrected chi connectivity index (χ1v) is 10.5. The van der Waals surface area contributed by atoms with Crippen molar-refractivity contribution >= 4 is 15.9 Å². The summed E-state index contributed by atoms with van der Waals surface area (Å²) in [6, 6.07) is 3.71. The van der Waals surface area contributed by atoms with Gasteiger partial charge in [0.1, 0.15) is 0 Å². The van der Waals surface area contributed by atoms with E-state index in [1.165, 1.54) is 6.26 Å². The number of amides is 1. The minimum absolute atomic E-state index is 0.0943. The maximum absolute atomic E-state index is 12.7. The molecule has 4 heterocycles. The van der Waals surface area contributed by atoms with Gasteiger partial charge in [-0.3, -0.25) is 9.78 Å². The molecule has 2 bridgehead atoms. The van der Waals surface area contributed by atoms with Gasteiger partial charge >= 0.3 is 0 Å². The number of aromatic nitrogens is 1. The molecule has 4 atom stereocenters. The molecule has 3 fully saturated rings. The van der Waals surface area contributed by atoms with Gasteiger partial charge in [-0.05, 0) is 30.5 Å². The average Bonchev–Trinajstić information content (AvgIpc) is 3.21. The third kappa shape index (κ3) is 3.18. The molecular formula is C17H23N3O4S. The van der Waals surface area contributed by atoms with Crippen LogP contribution in [-0.2, 0) is 26.0 Å². The van der Waals surface area contributed by atoms with Gasteiger partial charge in [0.15, 0.2) is 0 Å². The first kappa shape index (κ1) is 16.9. The second-order valence-electron chi connectivity index (χ2n) is 7.46. The predicted octanol–water partition coefficient (Wildman–Crippen LogP) is 0.179. The van der Waals surface area contributed by atoms with Crippen molar-refractivity contribution in [2.24, 2.45) is 11.8 Å². The van der Waals surface area contributed by atoms with E-state index < -0.39 is 10.0 Å². The number of carbonyl (C=O) groups is 1. The third-order valence-electron chi connectivity index (χ3n) is 5.82. The van der Waals surface area contributed by atoms with Gasteiger partial charge in [-0.15, -0.1) is 0 Å². The quantitative estimate of drug-likeness (QED) is 0.804. The molecule has 0 aliphatic carbocycles. The Morgan fingerprint density at radius 1 is 1.44 bits per heavy atom.